The Kier molecular flexibility index (Phi) is 4.87. The number of hydrogen-bond acceptors (Lipinski definition) is 2. The molecule has 0 aliphatic heterocycles. The van der Waals surface area contributed by atoms with Gasteiger partial charge in [0.1, 0.15) is 0 Å². The quantitative estimate of drug-likeness (QED) is 0.225. The molecule has 3 aromatic heterocycles. The second-order valence-corrected chi connectivity index (χ2v) is 10.8. The van der Waals surface area contributed by atoms with Crippen LogP contribution in [0.5, 0.6) is 0 Å². The molecule has 0 spiro atoms. The Morgan fingerprint density at radius 3 is 1.88 bits per heavy atom. The van der Waals surface area contributed by atoms with Crippen molar-refractivity contribution in [2.45, 2.75) is 0 Å². The molecule has 0 bridgehead atoms. The van der Waals surface area contributed by atoms with E-state index in [9.17, 15) is 0 Å². The van der Waals surface area contributed by atoms with Crippen LogP contribution in [0.1, 0.15) is 0 Å². The molecule has 0 atom stereocenters. The lowest BCUT2D eigenvalue weighted by molar-refractivity contribution is 1.01. The summed E-state index contributed by atoms with van der Waals surface area (Å²) in [6.45, 7) is 0. The highest BCUT2D eigenvalue weighted by Gasteiger charge is 2.18. The summed E-state index contributed by atoms with van der Waals surface area (Å²) in [4.78, 5) is 0. The molecular weight excluding hydrogens is 512 g/mol. The van der Waals surface area contributed by atoms with Crippen LogP contribution in [0.15, 0.2) is 146 Å². The minimum atomic E-state index is 0.853. The minimum absolute atomic E-state index is 0.853. The first-order valence-corrected chi connectivity index (χ1v) is 14.2. The lowest BCUT2D eigenvalue weighted by atomic mass is 10.0. The van der Waals surface area contributed by atoms with Crippen LogP contribution in [0.25, 0.3) is 77.0 Å². The average molecular weight is 537 g/mol. The van der Waals surface area contributed by atoms with E-state index in [-0.39, 0.29) is 0 Å². The first-order valence-electron chi connectivity index (χ1n) is 14.2. The van der Waals surface area contributed by atoms with E-state index in [1.807, 2.05) is 24.4 Å². The van der Waals surface area contributed by atoms with Gasteiger partial charge in [-0.2, -0.15) is 10.2 Å². The van der Waals surface area contributed by atoms with Crippen molar-refractivity contribution in [3.63, 3.8) is 0 Å². The number of aromatic nitrogens is 4. The summed E-state index contributed by atoms with van der Waals surface area (Å²) in [6, 6.07) is 49.7. The molecule has 42 heavy (non-hydrogen) atoms. The van der Waals surface area contributed by atoms with Gasteiger partial charge < -0.3 is 9.13 Å². The van der Waals surface area contributed by atoms with Gasteiger partial charge in [0.05, 0.1) is 39.6 Å². The van der Waals surface area contributed by atoms with E-state index in [1.165, 1.54) is 43.4 Å². The molecule has 196 valence electrons. The van der Waals surface area contributed by atoms with Crippen molar-refractivity contribution in [3.8, 4) is 22.6 Å². The molecule has 0 saturated carbocycles. The van der Waals surface area contributed by atoms with Gasteiger partial charge in [-0.1, -0.05) is 97.1 Å². The van der Waals surface area contributed by atoms with Gasteiger partial charge in [0, 0.05) is 38.2 Å². The van der Waals surface area contributed by atoms with E-state index in [1.54, 1.807) is 0 Å². The monoisotopic (exact) mass is 536 g/mol. The van der Waals surface area contributed by atoms with Crippen LogP contribution in [0.2, 0.25) is 0 Å². The molecule has 0 aliphatic rings. The second kappa shape index (κ2) is 8.88. The topological polar surface area (TPSA) is 35.6 Å². The number of para-hydroxylation sites is 3. The number of benzene rings is 6. The van der Waals surface area contributed by atoms with E-state index >= 15 is 0 Å². The standard InChI is InChI=1S/C38H24N4/c1-3-11-25(12-4-1)34-22-28(24-39-40-34)41-35-17-9-8-16-30(35)33-21-26-19-20-31-29-15-7-10-18-36(29)42(27-13-5-2-6-14-27)38(31)32(26)23-37(33)41/h1-24H. The summed E-state index contributed by atoms with van der Waals surface area (Å²) in [5, 5.41) is 16.3. The lowest BCUT2D eigenvalue weighted by Crippen LogP contribution is -1.98. The highest BCUT2D eigenvalue weighted by molar-refractivity contribution is 6.22. The van der Waals surface area contributed by atoms with Crippen molar-refractivity contribution < 1.29 is 0 Å². The predicted octanol–water partition coefficient (Wildman–Crippen LogP) is 9.49. The zero-order valence-electron chi connectivity index (χ0n) is 22.6. The first-order chi connectivity index (χ1) is 20.8. The SMILES string of the molecule is c1ccc(-c2cc(-n3c4ccccc4c4cc5ccc6c7ccccc7n(-c7ccccc7)c6c5cc43)cnn2)cc1. The molecule has 9 rings (SSSR count). The van der Waals surface area contributed by atoms with Crippen LogP contribution in [0.3, 0.4) is 0 Å². The van der Waals surface area contributed by atoms with E-state index in [4.69, 9.17) is 0 Å². The molecule has 0 radical (unpaired) electrons. The van der Waals surface area contributed by atoms with Gasteiger partial charge in [-0.05, 0) is 47.9 Å². The van der Waals surface area contributed by atoms with Crippen LogP contribution < -0.4 is 0 Å². The molecule has 0 unspecified atom stereocenters. The molecule has 4 heteroatoms. The summed E-state index contributed by atoms with van der Waals surface area (Å²) in [6.07, 6.45) is 1.87. The zero-order valence-corrected chi connectivity index (χ0v) is 22.6. The van der Waals surface area contributed by atoms with Gasteiger partial charge in [0.15, 0.2) is 0 Å². The molecule has 3 heterocycles. The fourth-order valence-corrected chi connectivity index (χ4v) is 6.60. The summed E-state index contributed by atoms with van der Waals surface area (Å²) < 4.78 is 4.74. The predicted molar refractivity (Wildman–Crippen MR) is 174 cm³/mol. The Hall–Kier alpha value is -5.74. The lowest BCUT2D eigenvalue weighted by Gasteiger charge is -2.12. The molecule has 9 aromatic rings. The van der Waals surface area contributed by atoms with E-state index < -0.39 is 0 Å². The Morgan fingerprint density at radius 2 is 1.10 bits per heavy atom. The second-order valence-electron chi connectivity index (χ2n) is 10.8. The van der Waals surface area contributed by atoms with Gasteiger partial charge in [0.25, 0.3) is 0 Å². The molecule has 0 fully saturated rings. The molecule has 0 N–H and O–H groups in total. The number of nitrogens with zero attached hydrogens (tertiary/aromatic N) is 4. The Morgan fingerprint density at radius 1 is 0.429 bits per heavy atom. The van der Waals surface area contributed by atoms with Crippen LogP contribution in [0, 0.1) is 0 Å². The minimum Gasteiger partial charge on any atom is -0.309 e. The molecule has 6 aromatic carbocycles. The molecular formula is C38H24N4. The van der Waals surface area contributed by atoms with Gasteiger partial charge in [0.2, 0.25) is 0 Å². The van der Waals surface area contributed by atoms with Crippen LogP contribution in [-0.4, -0.2) is 19.3 Å². The molecule has 0 aliphatic carbocycles. The summed E-state index contributed by atoms with van der Waals surface area (Å²) >= 11 is 0. The van der Waals surface area contributed by atoms with Crippen molar-refractivity contribution in [2.24, 2.45) is 0 Å². The van der Waals surface area contributed by atoms with Crippen molar-refractivity contribution in [3.05, 3.63) is 146 Å². The Labute approximate surface area is 241 Å². The molecule has 0 saturated heterocycles. The fourth-order valence-electron chi connectivity index (χ4n) is 6.60. The fraction of sp³-hybridized carbons (Fsp3) is 0. The van der Waals surface area contributed by atoms with E-state index in [0.717, 1.165) is 33.7 Å². The smallest absolute Gasteiger partial charge is 0.0950 e. The van der Waals surface area contributed by atoms with Crippen LogP contribution in [0.4, 0.5) is 0 Å². The third kappa shape index (κ3) is 3.29. The first kappa shape index (κ1) is 23.0. The van der Waals surface area contributed by atoms with Gasteiger partial charge in [-0.25, -0.2) is 0 Å². The van der Waals surface area contributed by atoms with E-state index in [2.05, 4.69) is 141 Å². The third-order valence-corrected chi connectivity index (χ3v) is 8.42. The number of hydrogen-bond donors (Lipinski definition) is 0. The molecule has 4 nitrogen and oxygen atoms in total. The maximum Gasteiger partial charge on any atom is 0.0950 e. The normalized spacial score (nSPS) is 11.8. The van der Waals surface area contributed by atoms with Gasteiger partial charge in [-0.3, -0.25) is 0 Å². The van der Waals surface area contributed by atoms with Gasteiger partial charge >= 0.3 is 0 Å². The largest absolute Gasteiger partial charge is 0.309 e. The Bertz CT molecular complexity index is 2450. The summed E-state index contributed by atoms with van der Waals surface area (Å²) in [5.41, 5.74) is 8.77. The van der Waals surface area contributed by atoms with Crippen molar-refractivity contribution in [1.82, 2.24) is 19.3 Å². The Balaban J connectivity index is 1.42. The maximum atomic E-state index is 4.47. The highest BCUT2D eigenvalue weighted by atomic mass is 15.1. The average Bonchev–Trinajstić information content (AvgIpc) is 3.57. The number of fused-ring (bicyclic) bond motifs is 8. The zero-order chi connectivity index (χ0) is 27.6. The third-order valence-electron chi connectivity index (χ3n) is 8.42. The van der Waals surface area contributed by atoms with E-state index in [0.29, 0.717) is 0 Å². The highest BCUT2D eigenvalue weighted by Crippen LogP contribution is 2.40. The van der Waals surface area contributed by atoms with Crippen molar-refractivity contribution in [2.75, 3.05) is 0 Å². The van der Waals surface area contributed by atoms with Crippen LogP contribution >= 0.6 is 0 Å². The number of rotatable bonds is 3. The maximum absolute atomic E-state index is 4.47. The van der Waals surface area contributed by atoms with Crippen LogP contribution in [-0.2, 0) is 0 Å². The summed E-state index contributed by atoms with van der Waals surface area (Å²) in [5.74, 6) is 0. The van der Waals surface area contributed by atoms with Gasteiger partial charge in [-0.15, -0.1) is 0 Å². The molecule has 0 amide bonds. The summed E-state index contributed by atoms with van der Waals surface area (Å²) in [7, 11) is 0. The van der Waals surface area contributed by atoms with Crippen molar-refractivity contribution in [1.29, 1.82) is 0 Å². The van der Waals surface area contributed by atoms with Crippen molar-refractivity contribution >= 4 is 54.4 Å².